The van der Waals surface area contributed by atoms with Gasteiger partial charge in [-0.25, -0.2) is 0 Å². The number of nitrogens with zero attached hydrogens (tertiary/aromatic N) is 2. The van der Waals surface area contributed by atoms with Gasteiger partial charge in [-0.05, 0) is 48.1 Å². The predicted molar refractivity (Wildman–Crippen MR) is 95.4 cm³/mol. The lowest BCUT2D eigenvalue weighted by Gasteiger charge is -2.21. The van der Waals surface area contributed by atoms with E-state index in [1.165, 1.54) is 9.27 Å². The molecule has 8 heteroatoms. The molecule has 5 nitrogen and oxygen atoms in total. The van der Waals surface area contributed by atoms with Crippen molar-refractivity contribution in [3.8, 4) is 0 Å². The average Bonchev–Trinajstić information content (AvgIpc) is 3.24. The van der Waals surface area contributed by atoms with E-state index in [9.17, 15) is 9.35 Å². The van der Waals surface area contributed by atoms with Crippen molar-refractivity contribution in [1.82, 2.24) is 3.71 Å². The lowest BCUT2D eigenvalue weighted by molar-refractivity contribution is -0.119. The molecule has 0 aromatic heterocycles. The molecule has 3 rings (SSSR count). The van der Waals surface area contributed by atoms with E-state index >= 15 is 0 Å². The SMILES string of the molecule is NCC1(c2ccc(N3CCC(N(S)S(O)=S)C3=O)cc2)CC1. The number of hydrogen-bond acceptors (Lipinski definition) is 4. The Balaban J connectivity index is 1.75. The molecule has 1 heterocycles. The van der Waals surface area contributed by atoms with Crippen LogP contribution < -0.4 is 10.6 Å². The van der Waals surface area contributed by atoms with E-state index in [-0.39, 0.29) is 11.3 Å². The summed E-state index contributed by atoms with van der Waals surface area (Å²) < 4.78 is 10.7. The molecule has 22 heavy (non-hydrogen) atoms. The van der Waals surface area contributed by atoms with E-state index in [0.29, 0.717) is 19.5 Å². The molecule has 1 aromatic rings. The summed E-state index contributed by atoms with van der Waals surface area (Å²) in [7, 11) is -1.43. The van der Waals surface area contributed by atoms with Gasteiger partial charge < -0.3 is 15.2 Å². The molecule has 0 radical (unpaired) electrons. The Hall–Kier alpha value is -0.510. The third-order valence-electron chi connectivity index (χ3n) is 4.64. The molecule has 1 aromatic carbocycles. The van der Waals surface area contributed by atoms with Crippen LogP contribution >= 0.6 is 12.8 Å². The quantitative estimate of drug-likeness (QED) is 0.695. The van der Waals surface area contributed by atoms with Gasteiger partial charge in [0, 0.05) is 24.2 Å². The minimum absolute atomic E-state index is 0.0703. The lowest BCUT2D eigenvalue weighted by atomic mass is 9.96. The van der Waals surface area contributed by atoms with E-state index < -0.39 is 16.0 Å². The number of carbonyl (C=O) groups excluding carboxylic acids is 1. The molecule has 2 atom stereocenters. The van der Waals surface area contributed by atoms with E-state index in [1.807, 2.05) is 12.1 Å². The van der Waals surface area contributed by atoms with Gasteiger partial charge in [-0.1, -0.05) is 24.9 Å². The Morgan fingerprint density at radius 1 is 1.45 bits per heavy atom. The Bertz CT molecular complexity index is 604. The van der Waals surface area contributed by atoms with Crippen molar-refractivity contribution in [2.75, 3.05) is 18.0 Å². The monoisotopic (exact) mass is 357 g/mol. The third-order valence-corrected chi connectivity index (χ3v) is 6.77. The highest BCUT2D eigenvalue weighted by Gasteiger charge is 2.43. The Morgan fingerprint density at radius 3 is 2.59 bits per heavy atom. The second-order valence-corrected chi connectivity index (χ2v) is 8.31. The number of amides is 1. The fourth-order valence-electron chi connectivity index (χ4n) is 2.99. The highest BCUT2D eigenvalue weighted by atomic mass is 32.8. The van der Waals surface area contributed by atoms with Crippen molar-refractivity contribution in [3.63, 3.8) is 0 Å². The van der Waals surface area contributed by atoms with Gasteiger partial charge in [0.15, 0.2) is 0 Å². The minimum Gasteiger partial charge on any atom is -0.330 e. The first kappa shape index (κ1) is 16.4. The summed E-state index contributed by atoms with van der Waals surface area (Å²) in [6, 6.07) is 7.62. The molecule has 120 valence electrons. The lowest BCUT2D eigenvalue weighted by Crippen LogP contribution is -2.37. The minimum atomic E-state index is -1.43. The van der Waals surface area contributed by atoms with Crippen LogP contribution in [0, 0.1) is 0 Å². The number of thiol groups is 1. The van der Waals surface area contributed by atoms with Crippen LogP contribution in [0.25, 0.3) is 0 Å². The molecule has 1 saturated carbocycles. The number of rotatable bonds is 5. The van der Waals surface area contributed by atoms with Crippen molar-refractivity contribution >= 4 is 45.5 Å². The Kier molecular flexibility index (Phi) is 4.59. The fourth-order valence-corrected chi connectivity index (χ4v) is 3.93. The summed E-state index contributed by atoms with van der Waals surface area (Å²) in [5.41, 5.74) is 8.13. The standard InChI is InChI=1S/C14H19N3O2S3/c15-9-14(6-7-14)10-1-3-11(4-2-10)16-8-5-12(13(16)18)17(20)22(19)21/h1-4,12,20H,5-9,15H2,(H,19,21). The normalized spacial score (nSPS) is 24.8. The predicted octanol–water partition coefficient (Wildman–Crippen LogP) is 1.40. The number of carbonyl (C=O) groups is 1. The molecule has 2 fully saturated rings. The molecule has 3 N–H and O–H groups in total. The number of anilines is 1. The Labute approximate surface area is 142 Å². The summed E-state index contributed by atoms with van der Waals surface area (Å²) in [5, 5.41) is 0. The van der Waals surface area contributed by atoms with Crippen molar-refractivity contribution in [2.24, 2.45) is 5.73 Å². The van der Waals surface area contributed by atoms with E-state index in [2.05, 4.69) is 24.9 Å². The topological polar surface area (TPSA) is 69.8 Å². The van der Waals surface area contributed by atoms with Crippen LogP contribution in [0.1, 0.15) is 24.8 Å². The summed E-state index contributed by atoms with van der Waals surface area (Å²) in [5.74, 6) is -0.0703. The van der Waals surface area contributed by atoms with Crippen LogP contribution in [0.2, 0.25) is 0 Å². The summed E-state index contributed by atoms with van der Waals surface area (Å²) in [6.45, 7) is 1.28. The number of nitrogens with two attached hydrogens (primary N) is 1. The summed E-state index contributed by atoms with van der Waals surface area (Å²) in [4.78, 5) is 14.2. The second-order valence-electron chi connectivity index (χ2n) is 5.86. The number of hydrogen-bond donors (Lipinski definition) is 3. The smallest absolute Gasteiger partial charge is 0.246 e. The van der Waals surface area contributed by atoms with Gasteiger partial charge in [-0.3, -0.25) is 4.79 Å². The van der Waals surface area contributed by atoms with Gasteiger partial charge >= 0.3 is 0 Å². The van der Waals surface area contributed by atoms with E-state index in [1.54, 1.807) is 4.90 Å². The second kappa shape index (κ2) is 6.18. The molecule has 2 aliphatic rings. The number of benzene rings is 1. The zero-order chi connectivity index (χ0) is 15.9. The molecule has 1 aliphatic carbocycles. The van der Waals surface area contributed by atoms with Gasteiger partial charge in [0.2, 0.25) is 5.91 Å². The molecule has 2 unspecified atom stereocenters. The van der Waals surface area contributed by atoms with E-state index in [0.717, 1.165) is 18.5 Å². The van der Waals surface area contributed by atoms with Gasteiger partial charge in [-0.2, -0.15) is 3.71 Å². The molecule has 1 aliphatic heterocycles. The molecular formula is C14H19N3O2S3. The fraction of sp³-hybridized carbons (Fsp3) is 0.500. The highest BCUT2D eigenvalue weighted by Crippen LogP contribution is 2.47. The first-order chi connectivity index (χ1) is 10.5. The van der Waals surface area contributed by atoms with Crippen LogP contribution in [0.15, 0.2) is 24.3 Å². The summed E-state index contributed by atoms with van der Waals surface area (Å²) in [6.07, 6.45) is 2.89. The maximum atomic E-state index is 12.5. The summed E-state index contributed by atoms with van der Waals surface area (Å²) >= 11 is 8.91. The van der Waals surface area contributed by atoms with Crippen molar-refractivity contribution in [3.05, 3.63) is 29.8 Å². The maximum absolute atomic E-state index is 12.5. The zero-order valence-electron chi connectivity index (χ0n) is 12.0. The zero-order valence-corrected chi connectivity index (χ0v) is 14.5. The molecule has 0 bridgehead atoms. The van der Waals surface area contributed by atoms with Crippen LogP contribution in [0.3, 0.4) is 0 Å². The third kappa shape index (κ3) is 2.83. The van der Waals surface area contributed by atoms with Gasteiger partial charge in [-0.15, -0.1) is 0 Å². The van der Waals surface area contributed by atoms with Crippen molar-refractivity contribution < 1.29 is 9.35 Å². The van der Waals surface area contributed by atoms with Crippen molar-refractivity contribution in [2.45, 2.75) is 30.7 Å². The van der Waals surface area contributed by atoms with Gasteiger partial charge in [0.05, 0.1) is 9.92 Å². The first-order valence-electron chi connectivity index (χ1n) is 7.19. The highest BCUT2D eigenvalue weighted by molar-refractivity contribution is 8.27. The van der Waals surface area contributed by atoms with Crippen LogP contribution in [0.4, 0.5) is 5.69 Å². The molecular weight excluding hydrogens is 338 g/mol. The average molecular weight is 358 g/mol. The molecule has 1 saturated heterocycles. The van der Waals surface area contributed by atoms with E-state index in [4.69, 9.17) is 16.9 Å². The van der Waals surface area contributed by atoms with Crippen LogP contribution in [-0.4, -0.2) is 33.3 Å². The van der Waals surface area contributed by atoms with Crippen LogP contribution in [-0.2, 0) is 31.3 Å². The molecule has 1 amide bonds. The Morgan fingerprint density at radius 2 is 2.09 bits per heavy atom. The largest absolute Gasteiger partial charge is 0.330 e. The van der Waals surface area contributed by atoms with Gasteiger partial charge in [0.25, 0.3) is 0 Å². The van der Waals surface area contributed by atoms with Gasteiger partial charge in [0.1, 0.15) is 6.04 Å². The van der Waals surface area contributed by atoms with Crippen LogP contribution in [0.5, 0.6) is 0 Å². The molecule has 0 spiro atoms. The maximum Gasteiger partial charge on any atom is 0.246 e. The first-order valence-corrected chi connectivity index (χ1v) is 9.66. The van der Waals surface area contributed by atoms with Crippen molar-refractivity contribution in [1.29, 1.82) is 0 Å².